The molecule has 6 nitrogen and oxygen atoms in total. The molecule has 0 unspecified atom stereocenters. The number of aryl methyl sites for hydroxylation is 1. The van der Waals surface area contributed by atoms with Crippen LogP contribution in [-0.4, -0.2) is 18.4 Å². The van der Waals surface area contributed by atoms with E-state index in [0.717, 1.165) is 18.4 Å². The fourth-order valence-electron chi connectivity index (χ4n) is 2.76. The average Bonchev–Trinajstić information content (AvgIpc) is 3.16. The molecule has 1 heterocycles. The van der Waals surface area contributed by atoms with Gasteiger partial charge in [-0.15, -0.1) is 0 Å². The molecule has 0 radical (unpaired) electrons. The normalized spacial score (nSPS) is 12.0. The number of hydrazine groups is 1. The van der Waals surface area contributed by atoms with Crippen molar-refractivity contribution in [3.63, 3.8) is 0 Å². The van der Waals surface area contributed by atoms with Gasteiger partial charge in [-0.2, -0.15) is 0 Å². The summed E-state index contributed by atoms with van der Waals surface area (Å²) in [5.41, 5.74) is 7.17. The summed E-state index contributed by atoms with van der Waals surface area (Å²) in [6.07, 6.45) is 3.59. The quantitative estimate of drug-likeness (QED) is 0.634. The summed E-state index contributed by atoms with van der Waals surface area (Å²) < 4.78 is 4.96. The van der Waals surface area contributed by atoms with E-state index in [1.165, 1.54) is 17.9 Å². The van der Waals surface area contributed by atoms with E-state index in [0.29, 0.717) is 5.92 Å². The highest BCUT2D eigenvalue weighted by Crippen LogP contribution is 2.22. The minimum Gasteiger partial charge on any atom is -0.459 e. The molecule has 2 amide bonds. The van der Waals surface area contributed by atoms with E-state index in [1.54, 1.807) is 6.07 Å². The number of hydrogen-bond donors (Lipinski definition) is 3. The summed E-state index contributed by atoms with van der Waals surface area (Å²) in [6, 6.07) is 11.7. The van der Waals surface area contributed by atoms with E-state index < -0.39 is 5.91 Å². The summed E-state index contributed by atoms with van der Waals surface area (Å²) >= 11 is 0. The van der Waals surface area contributed by atoms with Crippen LogP contribution in [-0.2, 0) is 11.2 Å². The van der Waals surface area contributed by atoms with Crippen LogP contribution in [0.1, 0.15) is 54.9 Å². The molecule has 2 rings (SSSR count). The summed E-state index contributed by atoms with van der Waals surface area (Å²) in [5.74, 6) is -0.351. The van der Waals surface area contributed by atoms with Crippen LogP contribution in [0.2, 0.25) is 0 Å². The lowest BCUT2D eigenvalue weighted by molar-refractivity contribution is -0.121. The predicted molar refractivity (Wildman–Crippen MR) is 100 cm³/mol. The highest BCUT2D eigenvalue weighted by Gasteiger charge is 2.17. The Morgan fingerprint density at radius 2 is 1.81 bits per heavy atom. The van der Waals surface area contributed by atoms with Crippen LogP contribution in [0.25, 0.3) is 0 Å². The summed E-state index contributed by atoms with van der Waals surface area (Å²) in [5, 5.41) is 3.26. The van der Waals surface area contributed by atoms with Crippen molar-refractivity contribution in [2.24, 2.45) is 5.92 Å². The van der Waals surface area contributed by atoms with Crippen molar-refractivity contribution in [1.82, 2.24) is 16.2 Å². The number of nitrogens with one attached hydrogen (secondary N) is 3. The standard InChI is InChI=1S/C20H27N3O3/c1-4-6-15-8-10-16(11-9-15)19(14(2)3)21-13-18(24)22-23-20(25)17-7-5-12-26-17/h5,7-12,14,19,21H,4,6,13H2,1-3H3,(H,22,24)(H,23,25)/t19-/m1/s1. The summed E-state index contributed by atoms with van der Waals surface area (Å²) in [7, 11) is 0. The second-order valence-electron chi connectivity index (χ2n) is 6.57. The highest BCUT2D eigenvalue weighted by atomic mass is 16.3. The van der Waals surface area contributed by atoms with Crippen LogP contribution in [0.4, 0.5) is 0 Å². The van der Waals surface area contributed by atoms with Crippen LogP contribution in [0.15, 0.2) is 47.1 Å². The van der Waals surface area contributed by atoms with E-state index in [9.17, 15) is 9.59 Å². The maximum absolute atomic E-state index is 12.0. The van der Waals surface area contributed by atoms with Gasteiger partial charge < -0.3 is 9.73 Å². The molecule has 0 aliphatic carbocycles. The minimum atomic E-state index is -0.490. The molecule has 1 atom stereocenters. The smallest absolute Gasteiger partial charge is 0.305 e. The molecule has 2 aromatic rings. The molecule has 1 aromatic carbocycles. The van der Waals surface area contributed by atoms with E-state index in [-0.39, 0.29) is 24.3 Å². The Morgan fingerprint density at radius 3 is 2.38 bits per heavy atom. The molecular weight excluding hydrogens is 330 g/mol. The van der Waals surface area contributed by atoms with Crippen molar-refractivity contribution < 1.29 is 14.0 Å². The Morgan fingerprint density at radius 1 is 1.08 bits per heavy atom. The molecule has 0 saturated carbocycles. The molecule has 0 aliphatic rings. The van der Waals surface area contributed by atoms with Gasteiger partial charge in [0.2, 0.25) is 0 Å². The van der Waals surface area contributed by atoms with Gasteiger partial charge in [0.05, 0.1) is 12.8 Å². The van der Waals surface area contributed by atoms with Crippen molar-refractivity contribution in [3.8, 4) is 0 Å². The maximum Gasteiger partial charge on any atom is 0.305 e. The number of amides is 2. The number of benzene rings is 1. The first-order valence-electron chi connectivity index (χ1n) is 8.96. The van der Waals surface area contributed by atoms with Crippen molar-refractivity contribution in [3.05, 3.63) is 59.5 Å². The first-order valence-corrected chi connectivity index (χ1v) is 8.96. The van der Waals surface area contributed by atoms with Gasteiger partial charge in [0.15, 0.2) is 5.76 Å². The van der Waals surface area contributed by atoms with Gasteiger partial charge in [-0.3, -0.25) is 20.4 Å². The first-order chi connectivity index (χ1) is 12.5. The van der Waals surface area contributed by atoms with Crippen LogP contribution in [0.3, 0.4) is 0 Å². The largest absolute Gasteiger partial charge is 0.459 e. The van der Waals surface area contributed by atoms with Gasteiger partial charge >= 0.3 is 5.91 Å². The van der Waals surface area contributed by atoms with Crippen LogP contribution in [0, 0.1) is 5.92 Å². The second-order valence-corrected chi connectivity index (χ2v) is 6.57. The number of rotatable bonds is 8. The minimum absolute atomic E-state index is 0.0530. The molecule has 0 bridgehead atoms. The maximum atomic E-state index is 12.0. The zero-order chi connectivity index (χ0) is 18.9. The Kier molecular flexibility index (Phi) is 7.41. The molecule has 26 heavy (non-hydrogen) atoms. The summed E-state index contributed by atoms with van der Waals surface area (Å²) in [6.45, 7) is 6.47. The third kappa shape index (κ3) is 5.74. The molecule has 0 fully saturated rings. The third-order valence-electron chi connectivity index (χ3n) is 4.09. The molecular formula is C20H27N3O3. The molecule has 3 N–H and O–H groups in total. The van der Waals surface area contributed by atoms with Crippen molar-refractivity contribution in [2.45, 2.75) is 39.7 Å². The molecule has 0 saturated heterocycles. The van der Waals surface area contributed by atoms with E-state index in [2.05, 4.69) is 61.2 Å². The van der Waals surface area contributed by atoms with Crippen molar-refractivity contribution >= 4 is 11.8 Å². The van der Waals surface area contributed by atoms with Crippen LogP contribution in [0.5, 0.6) is 0 Å². The number of hydrogen-bond acceptors (Lipinski definition) is 4. The number of furan rings is 1. The van der Waals surface area contributed by atoms with Gasteiger partial charge in [-0.1, -0.05) is 51.5 Å². The lowest BCUT2D eigenvalue weighted by Crippen LogP contribution is -2.46. The van der Waals surface area contributed by atoms with Gasteiger partial charge in [0.1, 0.15) is 0 Å². The molecule has 0 aliphatic heterocycles. The van der Waals surface area contributed by atoms with E-state index in [4.69, 9.17) is 4.42 Å². The average molecular weight is 357 g/mol. The van der Waals surface area contributed by atoms with E-state index in [1.807, 2.05) is 0 Å². The Hall–Kier alpha value is -2.60. The molecule has 140 valence electrons. The highest BCUT2D eigenvalue weighted by molar-refractivity contribution is 5.93. The predicted octanol–water partition coefficient (Wildman–Crippen LogP) is 2.98. The van der Waals surface area contributed by atoms with Crippen molar-refractivity contribution in [2.75, 3.05) is 6.54 Å². The number of carbonyl (C=O) groups excluding carboxylic acids is 2. The van der Waals surface area contributed by atoms with Crippen LogP contribution < -0.4 is 16.2 Å². The fourth-order valence-corrected chi connectivity index (χ4v) is 2.76. The van der Waals surface area contributed by atoms with Gasteiger partial charge in [-0.05, 0) is 35.6 Å². The van der Waals surface area contributed by atoms with Crippen LogP contribution >= 0.6 is 0 Å². The zero-order valence-electron chi connectivity index (χ0n) is 15.5. The monoisotopic (exact) mass is 357 g/mol. The third-order valence-corrected chi connectivity index (χ3v) is 4.09. The topological polar surface area (TPSA) is 83.4 Å². The Balaban J connectivity index is 1.85. The van der Waals surface area contributed by atoms with Gasteiger partial charge in [0, 0.05) is 6.04 Å². The SMILES string of the molecule is CCCc1ccc([C@H](NCC(=O)NNC(=O)c2ccco2)C(C)C)cc1. The first kappa shape index (κ1) is 19.7. The van der Waals surface area contributed by atoms with E-state index >= 15 is 0 Å². The number of carbonyl (C=O) groups is 2. The second kappa shape index (κ2) is 9.77. The van der Waals surface area contributed by atoms with Gasteiger partial charge in [-0.25, -0.2) is 0 Å². The lowest BCUT2D eigenvalue weighted by Gasteiger charge is -2.23. The molecule has 0 spiro atoms. The fraction of sp³-hybridized carbons (Fsp3) is 0.400. The molecule has 6 heteroatoms. The lowest BCUT2D eigenvalue weighted by atomic mass is 9.94. The summed E-state index contributed by atoms with van der Waals surface area (Å²) in [4.78, 5) is 23.7. The van der Waals surface area contributed by atoms with Crippen molar-refractivity contribution in [1.29, 1.82) is 0 Å². The zero-order valence-corrected chi connectivity index (χ0v) is 15.5. The molecule has 1 aromatic heterocycles. The Labute approximate surface area is 154 Å². The Bertz CT molecular complexity index is 694. The van der Waals surface area contributed by atoms with Gasteiger partial charge in [0.25, 0.3) is 5.91 Å².